The smallest absolute Gasteiger partial charge is 0.0484 e. The third-order valence-electron chi connectivity index (χ3n) is 4.99. The maximum absolute atomic E-state index is 6.28. The third-order valence-corrected chi connectivity index (χ3v) is 5.32. The van der Waals surface area contributed by atoms with E-state index in [1.165, 1.54) is 43.2 Å². The molecule has 110 valence electrons. The zero-order valence-electron chi connectivity index (χ0n) is 12.7. The minimum absolute atomic E-state index is 0.757. The lowest BCUT2D eigenvalue weighted by Crippen LogP contribution is -2.12. The Morgan fingerprint density at radius 3 is 2.19 bits per heavy atom. The first kappa shape index (κ1) is 14.7. The highest BCUT2D eigenvalue weighted by Crippen LogP contribution is 2.37. The van der Waals surface area contributed by atoms with Gasteiger partial charge >= 0.3 is 0 Å². The Morgan fingerprint density at radius 1 is 0.905 bits per heavy atom. The van der Waals surface area contributed by atoms with Gasteiger partial charge < -0.3 is 0 Å². The number of hydrogen-bond acceptors (Lipinski definition) is 0. The summed E-state index contributed by atoms with van der Waals surface area (Å²) < 4.78 is 0. The highest BCUT2D eigenvalue weighted by molar-refractivity contribution is 6.33. The molecule has 0 saturated heterocycles. The maximum atomic E-state index is 6.28. The van der Waals surface area contributed by atoms with E-state index in [0.717, 1.165) is 22.4 Å². The van der Waals surface area contributed by atoms with Crippen LogP contribution in [0.15, 0.2) is 48.5 Å². The zero-order chi connectivity index (χ0) is 14.7. The predicted molar refractivity (Wildman–Crippen MR) is 91.9 cm³/mol. The van der Waals surface area contributed by atoms with Gasteiger partial charge in [0.25, 0.3) is 0 Å². The minimum atomic E-state index is 0.757. The van der Waals surface area contributed by atoms with E-state index in [0.29, 0.717) is 0 Å². The average Bonchev–Trinajstić information content (AvgIpc) is 2.56. The Morgan fingerprint density at radius 2 is 1.57 bits per heavy atom. The Bertz CT molecular complexity index is 577. The summed E-state index contributed by atoms with van der Waals surface area (Å²) in [5, 5.41) is 0.828. The summed E-state index contributed by atoms with van der Waals surface area (Å²) in [6, 6.07) is 17.1. The molecule has 3 rings (SSSR count). The van der Waals surface area contributed by atoms with Crippen molar-refractivity contribution in [3.05, 3.63) is 59.1 Å². The molecule has 1 aliphatic carbocycles. The fourth-order valence-electron chi connectivity index (χ4n) is 3.53. The van der Waals surface area contributed by atoms with E-state index in [9.17, 15) is 0 Å². The molecule has 0 heterocycles. The molecular weight excluding hydrogens is 276 g/mol. The van der Waals surface area contributed by atoms with Crippen molar-refractivity contribution in [2.24, 2.45) is 5.92 Å². The molecule has 0 aliphatic heterocycles. The largest absolute Gasteiger partial charge is 0.0837 e. The molecule has 0 N–H and O–H groups in total. The first-order chi connectivity index (χ1) is 10.3. The van der Waals surface area contributed by atoms with E-state index in [-0.39, 0.29) is 0 Å². The van der Waals surface area contributed by atoms with E-state index in [2.05, 4.69) is 37.3 Å². The van der Waals surface area contributed by atoms with Crippen LogP contribution in [0.4, 0.5) is 0 Å². The van der Waals surface area contributed by atoms with Crippen LogP contribution in [0.3, 0.4) is 0 Å². The van der Waals surface area contributed by atoms with Gasteiger partial charge in [-0.1, -0.05) is 67.4 Å². The molecule has 21 heavy (non-hydrogen) atoms. The summed E-state index contributed by atoms with van der Waals surface area (Å²) in [6.07, 6.45) is 6.84. The quantitative estimate of drug-likeness (QED) is 0.592. The van der Waals surface area contributed by atoms with E-state index < -0.39 is 0 Å². The third kappa shape index (κ3) is 3.32. The highest BCUT2D eigenvalue weighted by atomic mass is 35.5. The van der Waals surface area contributed by atoms with Gasteiger partial charge in [0.05, 0.1) is 0 Å². The lowest BCUT2D eigenvalue weighted by molar-refractivity contribution is 0.319. The van der Waals surface area contributed by atoms with Crippen molar-refractivity contribution in [3.8, 4) is 11.1 Å². The normalized spacial score (nSPS) is 22.2. The monoisotopic (exact) mass is 298 g/mol. The number of hydrogen-bond donors (Lipinski definition) is 0. The van der Waals surface area contributed by atoms with Gasteiger partial charge in [0.2, 0.25) is 0 Å². The second-order valence-corrected chi connectivity index (χ2v) is 6.63. The molecule has 2 aromatic rings. The van der Waals surface area contributed by atoms with Gasteiger partial charge in [0.1, 0.15) is 0 Å². The van der Waals surface area contributed by atoms with Gasteiger partial charge in [-0.3, -0.25) is 0 Å². The molecule has 0 spiro atoms. The zero-order valence-corrected chi connectivity index (χ0v) is 13.4. The van der Waals surface area contributed by atoms with Crippen LogP contribution in [-0.2, 0) is 0 Å². The van der Waals surface area contributed by atoms with Crippen LogP contribution in [0.2, 0.25) is 5.02 Å². The standard InChI is InChI=1S/C20H23Cl/c1-2-15-7-9-16(10-8-15)17-11-13-18(14-12-17)19-5-3-4-6-20(19)21/h3-6,11-16H,2,7-10H2,1H3. The summed E-state index contributed by atoms with van der Waals surface area (Å²) in [5.41, 5.74) is 3.84. The number of benzene rings is 2. The molecule has 1 saturated carbocycles. The molecule has 0 bridgehead atoms. The fourth-order valence-corrected chi connectivity index (χ4v) is 3.78. The van der Waals surface area contributed by atoms with Gasteiger partial charge in [-0.15, -0.1) is 0 Å². The predicted octanol–water partition coefficient (Wildman–Crippen LogP) is 6.69. The average molecular weight is 299 g/mol. The molecule has 1 fully saturated rings. The summed E-state index contributed by atoms with van der Waals surface area (Å²) in [5.74, 6) is 1.72. The van der Waals surface area contributed by atoms with Gasteiger partial charge in [-0.05, 0) is 54.7 Å². The molecule has 0 radical (unpaired) electrons. The first-order valence-corrected chi connectivity index (χ1v) is 8.50. The molecule has 0 amide bonds. The SMILES string of the molecule is CCC1CCC(c2ccc(-c3ccccc3Cl)cc2)CC1. The highest BCUT2D eigenvalue weighted by Gasteiger charge is 2.21. The van der Waals surface area contributed by atoms with Gasteiger partial charge in [-0.2, -0.15) is 0 Å². The first-order valence-electron chi connectivity index (χ1n) is 8.12. The summed E-state index contributed by atoms with van der Waals surface area (Å²) >= 11 is 6.28. The summed E-state index contributed by atoms with van der Waals surface area (Å²) in [7, 11) is 0. The van der Waals surface area contributed by atoms with Crippen LogP contribution in [-0.4, -0.2) is 0 Å². The Hall–Kier alpha value is -1.27. The maximum Gasteiger partial charge on any atom is 0.0484 e. The van der Waals surface area contributed by atoms with Crippen LogP contribution in [0.25, 0.3) is 11.1 Å². The van der Waals surface area contributed by atoms with E-state index in [1.807, 2.05) is 18.2 Å². The van der Waals surface area contributed by atoms with Gasteiger partial charge in [0.15, 0.2) is 0 Å². The van der Waals surface area contributed by atoms with Crippen molar-refractivity contribution in [3.63, 3.8) is 0 Å². The number of rotatable bonds is 3. The lowest BCUT2D eigenvalue weighted by Gasteiger charge is -2.28. The van der Waals surface area contributed by atoms with Crippen LogP contribution in [0.1, 0.15) is 50.5 Å². The molecule has 0 unspecified atom stereocenters. The lowest BCUT2D eigenvalue weighted by atomic mass is 9.77. The molecule has 0 atom stereocenters. The fraction of sp³-hybridized carbons (Fsp3) is 0.400. The molecule has 1 heteroatoms. The summed E-state index contributed by atoms with van der Waals surface area (Å²) in [4.78, 5) is 0. The van der Waals surface area contributed by atoms with Crippen molar-refractivity contribution in [1.82, 2.24) is 0 Å². The van der Waals surface area contributed by atoms with Crippen LogP contribution >= 0.6 is 11.6 Å². The molecule has 0 nitrogen and oxygen atoms in total. The molecule has 0 aromatic heterocycles. The van der Waals surface area contributed by atoms with Crippen molar-refractivity contribution in [2.75, 3.05) is 0 Å². The Labute approximate surface area is 133 Å². The second-order valence-electron chi connectivity index (χ2n) is 6.23. The molecule has 2 aromatic carbocycles. The van der Waals surface area contributed by atoms with Crippen molar-refractivity contribution in [2.45, 2.75) is 44.9 Å². The topological polar surface area (TPSA) is 0 Å². The van der Waals surface area contributed by atoms with E-state index in [4.69, 9.17) is 11.6 Å². The molecular formula is C20H23Cl. The van der Waals surface area contributed by atoms with Crippen molar-refractivity contribution < 1.29 is 0 Å². The molecule has 1 aliphatic rings. The Kier molecular flexibility index (Phi) is 4.65. The van der Waals surface area contributed by atoms with Crippen LogP contribution < -0.4 is 0 Å². The second kappa shape index (κ2) is 6.66. The van der Waals surface area contributed by atoms with Crippen LogP contribution in [0, 0.1) is 5.92 Å². The van der Waals surface area contributed by atoms with E-state index in [1.54, 1.807) is 0 Å². The van der Waals surface area contributed by atoms with Crippen molar-refractivity contribution >= 4 is 11.6 Å². The van der Waals surface area contributed by atoms with Crippen LogP contribution in [0.5, 0.6) is 0 Å². The number of halogens is 1. The van der Waals surface area contributed by atoms with Gasteiger partial charge in [0, 0.05) is 10.6 Å². The van der Waals surface area contributed by atoms with E-state index >= 15 is 0 Å². The summed E-state index contributed by atoms with van der Waals surface area (Å²) in [6.45, 7) is 2.32. The minimum Gasteiger partial charge on any atom is -0.0837 e. The van der Waals surface area contributed by atoms with Gasteiger partial charge in [-0.25, -0.2) is 0 Å². The Balaban J connectivity index is 1.74. The van der Waals surface area contributed by atoms with Crippen molar-refractivity contribution in [1.29, 1.82) is 0 Å².